The minimum absolute atomic E-state index is 0.0528. The fraction of sp³-hybridized carbons (Fsp3) is 0.462. The smallest absolute Gasteiger partial charge is 0.294 e. The van der Waals surface area contributed by atoms with Crippen molar-refractivity contribution in [1.29, 1.82) is 0 Å². The summed E-state index contributed by atoms with van der Waals surface area (Å²) in [4.78, 5) is 11.7. The van der Waals surface area contributed by atoms with Crippen molar-refractivity contribution in [1.82, 2.24) is 0 Å². The average molecular weight is 260 g/mol. The van der Waals surface area contributed by atoms with Crippen molar-refractivity contribution >= 4 is 5.78 Å². The maximum Gasteiger partial charge on any atom is 0.417 e. The van der Waals surface area contributed by atoms with E-state index in [1.54, 1.807) is 0 Å². The van der Waals surface area contributed by atoms with Gasteiger partial charge in [-0.2, -0.15) is 13.2 Å². The molecule has 2 rings (SSSR count). The van der Waals surface area contributed by atoms with Gasteiger partial charge in [0.2, 0.25) is 0 Å². The minimum atomic E-state index is -4.63. The largest absolute Gasteiger partial charge is 0.417 e. The van der Waals surface area contributed by atoms with Crippen LogP contribution in [0.3, 0.4) is 0 Å². The van der Waals surface area contributed by atoms with Gasteiger partial charge in [-0.3, -0.25) is 4.79 Å². The summed E-state index contributed by atoms with van der Waals surface area (Å²) in [6, 6.07) is 2.03. The maximum atomic E-state index is 13.0. The predicted octanol–water partition coefficient (Wildman–Crippen LogP) is 4.22. The summed E-state index contributed by atoms with van der Waals surface area (Å²) < 4.78 is 51.0. The lowest BCUT2D eigenvalue weighted by molar-refractivity contribution is -0.137. The zero-order valence-corrected chi connectivity index (χ0v) is 9.56. The van der Waals surface area contributed by atoms with Crippen LogP contribution in [0.5, 0.6) is 0 Å². The van der Waals surface area contributed by atoms with E-state index < -0.39 is 28.9 Å². The van der Waals surface area contributed by atoms with E-state index in [-0.39, 0.29) is 6.42 Å². The molecular weight excluding hydrogens is 248 g/mol. The predicted molar refractivity (Wildman–Crippen MR) is 57.7 cm³/mol. The molecular formula is C13H12F4O. The van der Waals surface area contributed by atoms with Crippen molar-refractivity contribution in [2.75, 3.05) is 0 Å². The van der Waals surface area contributed by atoms with Crippen LogP contribution in [0.4, 0.5) is 17.6 Å². The van der Waals surface area contributed by atoms with Crippen LogP contribution in [0.2, 0.25) is 0 Å². The van der Waals surface area contributed by atoms with E-state index in [4.69, 9.17) is 0 Å². The van der Waals surface area contributed by atoms with Gasteiger partial charge in [-0.15, -0.1) is 0 Å². The van der Waals surface area contributed by atoms with Gasteiger partial charge in [0.1, 0.15) is 5.82 Å². The SMILES string of the molecule is O=C(CCC1CC1)c1cc(F)ccc1C(F)(F)F. The normalized spacial score (nSPS) is 15.8. The first kappa shape index (κ1) is 13.1. The molecule has 18 heavy (non-hydrogen) atoms. The number of Topliss-reactive ketones (excluding diaryl/α,β-unsaturated/α-hetero) is 1. The Bertz CT molecular complexity index is 461. The topological polar surface area (TPSA) is 17.1 Å². The number of carbonyl (C=O) groups excluding carboxylic acids is 1. The van der Waals surface area contributed by atoms with Gasteiger partial charge in [0.05, 0.1) is 5.56 Å². The Hall–Kier alpha value is -1.39. The molecule has 1 aliphatic rings. The third-order valence-corrected chi connectivity index (χ3v) is 3.06. The van der Waals surface area contributed by atoms with E-state index in [0.29, 0.717) is 24.5 Å². The quantitative estimate of drug-likeness (QED) is 0.585. The van der Waals surface area contributed by atoms with E-state index in [1.165, 1.54) is 0 Å². The highest BCUT2D eigenvalue weighted by atomic mass is 19.4. The Morgan fingerprint density at radius 2 is 1.94 bits per heavy atom. The van der Waals surface area contributed by atoms with Crippen LogP contribution >= 0.6 is 0 Å². The Balaban J connectivity index is 2.22. The second kappa shape index (κ2) is 4.71. The van der Waals surface area contributed by atoms with Crippen molar-refractivity contribution in [3.63, 3.8) is 0 Å². The van der Waals surface area contributed by atoms with Crippen LogP contribution in [0, 0.1) is 11.7 Å². The highest BCUT2D eigenvalue weighted by Gasteiger charge is 2.35. The van der Waals surface area contributed by atoms with Crippen LogP contribution in [-0.2, 0) is 6.18 Å². The van der Waals surface area contributed by atoms with Gasteiger partial charge < -0.3 is 0 Å². The van der Waals surface area contributed by atoms with E-state index >= 15 is 0 Å². The molecule has 0 aromatic heterocycles. The molecule has 0 unspecified atom stereocenters. The zero-order chi connectivity index (χ0) is 13.3. The van der Waals surface area contributed by atoms with E-state index in [0.717, 1.165) is 18.9 Å². The summed E-state index contributed by atoms with van der Waals surface area (Å²) >= 11 is 0. The second-order valence-corrected chi connectivity index (χ2v) is 4.59. The minimum Gasteiger partial charge on any atom is -0.294 e. The average Bonchev–Trinajstić information content (AvgIpc) is 3.07. The molecule has 0 spiro atoms. The van der Waals surface area contributed by atoms with Crippen molar-refractivity contribution < 1.29 is 22.4 Å². The molecule has 1 fully saturated rings. The number of alkyl halides is 3. The molecule has 0 atom stereocenters. The summed E-state index contributed by atoms with van der Waals surface area (Å²) in [5, 5.41) is 0. The monoisotopic (exact) mass is 260 g/mol. The first-order valence-corrected chi connectivity index (χ1v) is 5.78. The lowest BCUT2D eigenvalue weighted by Crippen LogP contribution is -2.13. The van der Waals surface area contributed by atoms with Crippen LogP contribution < -0.4 is 0 Å². The number of hydrogen-bond donors (Lipinski definition) is 0. The summed E-state index contributed by atoms with van der Waals surface area (Å²) in [5.74, 6) is -0.997. The highest BCUT2D eigenvalue weighted by Crippen LogP contribution is 2.36. The molecule has 1 nitrogen and oxygen atoms in total. The van der Waals surface area contributed by atoms with Crippen molar-refractivity contribution in [3.05, 3.63) is 35.1 Å². The summed E-state index contributed by atoms with van der Waals surface area (Å²) in [5.41, 5.74) is -1.60. The third kappa shape index (κ3) is 3.09. The summed E-state index contributed by atoms with van der Waals surface area (Å²) in [7, 11) is 0. The molecule has 98 valence electrons. The number of rotatable bonds is 4. The van der Waals surface area contributed by atoms with E-state index in [1.807, 2.05) is 0 Å². The van der Waals surface area contributed by atoms with Gasteiger partial charge in [0.25, 0.3) is 0 Å². The number of halogens is 4. The first-order valence-electron chi connectivity index (χ1n) is 5.78. The molecule has 0 heterocycles. The summed E-state index contributed by atoms with van der Waals surface area (Å²) in [6.07, 6.45) is -1.92. The second-order valence-electron chi connectivity index (χ2n) is 4.59. The lowest BCUT2D eigenvalue weighted by atomic mass is 9.99. The number of carbonyl (C=O) groups is 1. The molecule has 5 heteroatoms. The van der Waals surface area contributed by atoms with E-state index in [9.17, 15) is 22.4 Å². The molecule has 1 aliphatic carbocycles. The standard InChI is InChI=1S/C13H12F4O/c14-9-4-5-11(13(15,16)17)10(7-9)12(18)6-3-8-1-2-8/h4-5,7-8H,1-3,6H2. The fourth-order valence-electron chi connectivity index (χ4n) is 1.87. The highest BCUT2D eigenvalue weighted by molar-refractivity contribution is 5.97. The Morgan fingerprint density at radius 3 is 2.50 bits per heavy atom. The van der Waals surface area contributed by atoms with Crippen molar-refractivity contribution in [3.8, 4) is 0 Å². The molecule has 0 aliphatic heterocycles. The molecule has 0 amide bonds. The van der Waals surface area contributed by atoms with E-state index in [2.05, 4.69) is 0 Å². The fourth-order valence-corrected chi connectivity index (χ4v) is 1.87. The van der Waals surface area contributed by atoms with Crippen LogP contribution in [0.15, 0.2) is 18.2 Å². The van der Waals surface area contributed by atoms with Gasteiger partial charge >= 0.3 is 6.18 Å². The lowest BCUT2D eigenvalue weighted by Gasteiger charge is -2.12. The Morgan fingerprint density at radius 1 is 1.28 bits per heavy atom. The van der Waals surface area contributed by atoms with Crippen LogP contribution in [0.25, 0.3) is 0 Å². The zero-order valence-electron chi connectivity index (χ0n) is 9.56. The van der Waals surface area contributed by atoms with Gasteiger partial charge in [0.15, 0.2) is 5.78 Å². The van der Waals surface area contributed by atoms with Crippen molar-refractivity contribution in [2.24, 2.45) is 5.92 Å². The molecule has 0 radical (unpaired) electrons. The van der Waals surface area contributed by atoms with Gasteiger partial charge in [-0.1, -0.05) is 12.8 Å². The molecule has 0 N–H and O–H groups in total. The van der Waals surface area contributed by atoms with Gasteiger partial charge in [-0.25, -0.2) is 4.39 Å². The van der Waals surface area contributed by atoms with Gasteiger partial charge in [-0.05, 0) is 30.5 Å². The third-order valence-electron chi connectivity index (χ3n) is 3.06. The Kier molecular flexibility index (Phi) is 3.41. The number of ketones is 1. The van der Waals surface area contributed by atoms with Gasteiger partial charge in [0, 0.05) is 12.0 Å². The molecule has 1 saturated carbocycles. The van der Waals surface area contributed by atoms with Crippen molar-refractivity contribution in [2.45, 2.75) is 31.9 Å². The summed E-state index contributed by atoms with van der Waals surface area (Å²) in [6.45, 7) is 0. The maximum absolute atomic E-state index is 13.0. The molecule has 0 bridgehead atoms. The first-order chi connectivity index (χ1) is 8.38. The number of hydrogen-bond acceptors (Lipinski definition) is 1. The van der Waals surface area contributed by atoms with Crippen LogP contribution in [-0.4, -0.2) is 5.78 Å². The molecule has 0 saturated heterocycles. The van der Waals surface area contributed by atoms with Crippen LogP contribution in [0.1, 0.15) is 41.6 Å². The Labute approximate surface area is 102 Å². The molecule has 1 aromatic carbocycles. The number of benzene rings is 1. The molecule has 1 aromatic rings.